The lowest BCUT2D eigenvalue weighted by Crippen LogP contribution is -2.29. The van der Waals surface area contributed by atoms with E-state index < -0.39 is 17.7 Å². The number of benzene rings is 2. The highest BCUT2D eigenvalue weighted by Gasteiger charge is 2.45. The molecule has 1 amide bonds. The summed E-state index contributed by atoms with van der Waals surface area (Å²) in [6.07, 6.45) is 3.30. The molecule has 0 bridgehead atoms. The monoisotopic (exact) mass is 384 g/mol. The molecule has 0 unspecified atom stereocenters. The number of aromatic nitrogens is 1. The van der Waals surface area contributed by atoms with E-state index in [1.165, 1.54) is 4.90 Å². The number of nitrogens with zero attached hydrogens (tertiary/aromatic N) is 2. The summed E-state index contributed by atoms with van der Waals surface area (Å²) < 4.78 is 0. The van der Waals surface area contributed by atoms with E-state index in [-0.39, 0.29) is 17.9 Å². The Hall–Kier alpha value is -3.73. The van der Waals surface area contributed by atoms with Gasteiger partial charge in [0.1, 0.15) is 5.76 Å². The Morgan fingerprint density at radius 1 is 0.966 bits per heavy atom. The van der Waals surface area contributed by atoms with Crippen molar-refractivity contribution >= 4 is 17.4 Å². The lowest BCUT2D eigenvalue weighted by molar-refractivity contribution is -0.140. The maximum absolute atomic E-state index is 12.9. The van der Waals surface area contributed by atoms with Gasteiger partial charge in [-0.15, -0.1) is 0 Å². The summed E-state index contributed by atoms with van der Waals surface area (Å²) in [7, 11) is 0. The summed E-state index contributed by atoms with van der Waals surface area (Å²) in [6.45, 7) is 2.22. The fraction of sp³-hybridized carbons (Fsp3) is 0.125. The summed E-state index contributed by atoms with van der Waals surface area (Å²) in [5, 5.41) is 10.9. The Bertz CT molecular complexity index is 1070. The summed E-state index contributed by atoms with van der Waals surface area (Å²) in [6, 6.07) is 19.4. The zero-order valence-electron chi connectivity index (χ0n) is 15.9. The van der Waals surface area contributed by atoms with Gasteiger partial charge in [0.15, 0.2) is 0 Å². The SMILES string of the molecule is Cc1ccc([C@H]2C(=C(O)c3ccccc3)C(=O)C(=O)N2Cc2ccncc2)cc1. The number of carbonyl (C=O) groups is 2. The van der Waals surface area contributed by atoms with Gasteiger partial charge in [-0.2, -0.15) is 0 Å². The molecule has 2 aromatic carbocycles. The molecule has 2 heterocycles. The van der Waals surface area contributed by atoms with Gasteiger partial charge in [0.2, 0.25) is 0 Å². The normalized spacial score (nSPS) is 18.2. The Morgan fingerprint density at radius 2 is 1.62 bits per heavy atom. The molecule has 5 nitrogen and oxygen atoms in total. The molecule has 29 heavy (non-hydrogen) atoms. The van der Waals surface area contributed by atoms with Crippen molar-refractivity contribution < 1.29 is 14.7 Å². The highest BCUT2D eigenvalue weighted by atomic mass is 16.3. The number of aliphatic hydroxyl groups excluding tert-OH is 1. The number of aliphatic hydroxyl groups is 1. The van der Waals surface area contributed by atoms with E-state index in [4.69, 9.17) is 0 Å². The molecular weight excluding hydrogens is 364 g/mol. The number of hydrogen-bond acceptors (Lipinski definition) is 4. The van der Waals surface area contributed by atoms with Gasteiger partial charge in [-0.3, -0.25) is 14.6 Å². The van der Waals surface area contributed by atoms with Gasteiger partial charge in [-0.05, 0) is 30.2 Å². The van der Waals surface area contributed by atoms with E-state index in [0.717, 1.165) is 16.7 Å². The third-order valence-corrected chi connectivity index (χ3v) is 5.08. The van der Waals surface area contributed by atoms with Gasteiger partial charge in [0.25, 0.3) is 11.7 Å². The minimum absolute atomic E-state index is 0.110. The third kappa shape index (κ3) is 3.55. The van der Waals surface area contributed by atoms with Crippen molar-refractivity contribution in [2.75, 3.05) is 0 Å². The molecule has 1 aliphatic rings. The largest absolute Gasteiger partial charge is 0.507 e. The number of rotatable bonds is 4. The van der Waals surface area contributed by atoms with Crippen LogP contribution in [0.25, 0.3) is 5.76 Å². The smallest absolute Gasteiger partial charge is 0.295 e. The van der Waals surface area contributed by atoms with Crippen LogP contribution in [-0.2, 0) is 16.1 Å². The number of amides is 1. The molecule has 0 aliphatic carbocycles. The number of carbonyl (C=O) groups excluding carboxylic acids is 2. The number of hydrogen-bond donors (Lipinski definition) is 1. The Kier molecular flexibility index (Phi) is 4.96. The van der Waals surface area contributed by atoms with Crippen molar-refractivity contribution in [1.29, 1.82) is 0 Å². The van der Waals surface area contributed by atoms with E-state index in [1.54, 1.807) is 36.7 Å². The molecular formula is C24H20N2O3. The van der Waals surface area contributed by atoms with Crippen LogP contribution in [0, 0.1) is 6.92 Å². The summed E-state index contributed by atoms with van der Waals surface area (Å²) in [5.74, 6) is -1.46. The molecule has 0 spiro atoms. The minimum atomic E-state index is -0.675. The highest BCUT2D eigenvalue weighted by Crippen LogP contribution is 2.40. The van der Waals surface area contributed by atoms with Crippen molar-refractivity contribution in [1.82, 2.24) is 9.88 Å². The second-order valence-electron chi connectivity index (χ2n) is 7.06. The molecule has 1 aromatic heterocycles. The third-order valence-electron chi connectivity index (χ3n) is 5.08. The molecule has 5 heteroatoms. The number of aryl methyl sites for hydroxylation is 1. The average molecular weight is 384 g/mol. The van der Waals surface area contributed by atoms with Crippen molar-refractivity contribution in [3.63, 3.8) is 0 Å². The highest BCUT2D eigenvalue weighted by molar-refractivity contribution is 6.46. The average Bonchev–Trinajstić information content (AvgIpc) is 3.00. The Morgan fingerprint density at radius 3 is 2.28 bits per heavy atom. The molecule has 1 atom stereocenters. The number of Topliss-reactive ketones (excluding diaryl/α,β-unsaturated/α-hetero) is 1. The van der Waals surface area contributed by atoms with Gasteiger partial charge < -0.3 is 10.0 Å². The van der Waals surface area contributed by atoms with E-state index in [0.29, 0.717) is 5.56 Å². The summed E-state index contributed by atoms with van der Waals surface area (Å²) in [4.78, 5) is 31.4. The summed E-state index contributed by atoms with van der Waals surface area (Å²) in [5.41, 5.74) is 3.33. The molecule has 0 saturated carbocycles. The van der Waals surface area contributed by atoms with Crippen LogP contribution in [0.3, 0.4) is 0 Å². The maximum Gasteiger partial charge on any atom is 0.295 e. The number of likely N-dealkylation sites (tertiary alicyclic amines) is 1. The Labute approximate surface area is 169 Å². The topological polar surface area (TPSA) is 70.5 Å². The first-order chi connectivity index (χ1) is 14.1. The van der Waals surface area contributed by atoms with Crippen LogP contribution in [0.4, 0.5) is 0 Å². The van der Waals surface area contributed by atoms with Crippen molar-refractivity contribution in [2.24, 2.45) is 0 Å². The van der Waals surface area contributed by atoms with Crippen LogP contribution in [0.15, 0.2) is 84.7 Å². The fourth-order valence-corrected chi connectivity index (χ4v) is 3.57. The molecule has 3 aromatic rings. The molecule has 144 valence electrons. The number of pyridine rings is 1. The molecule has 4 rings (SSSR count). The van der Waals surface area contributed by atoms with Crippen molar-refractivity contribution in [2.45, 2.75) is 19.5 Å². The van der Waals surface area contributed by atoms with E-state index in [1.807, 2.05) is 49.4 Å². The second kappa shape index (κ2) is 7.72. The maximum atomic E-state index is 12.9. The first kappa shape index (κ1) is 18.6. The van der Waals surface area contributed by atoms with Crippen LogP contribution in [0.1, 0.15) is 28.3 Å². The standard InChI is InChI=1S/C24H20N2O3/c1-16-7-9-18(10-8-16)21-20(22(27)19-5-3-2-4-6-19)23(28)24(29)26(21)15-17-11-13-25-14-12-17/h2-14,21,27H,15H2,1H3/t21-/m0/s1. The molecule has 0 radical (unpaired) electrons. The number of ketones is 1. The van der Waals surface area contributed by atoms with Crippen LogP contribution >= 0.6 is 0 Å². The van der Waals surface area contributed by atoms with Crippen LogP contribution < -0.4 is 0 Å². The molecule has 1 aliphatic heterocycles. The van der Waals surface area contributed by atoms with Crippen LogP contribution in [-0.4, -0.2) is 26.7 Å². The predicted molar refractivity (Wildman–Crippen MR) is 110 cm³/mol. The lowest BCUT2D eigenvalue weighted by Gasteiger charge is -2.25. The van der Waals surface area contributed by atoms with E-state index in [9.17, 15) is 14.7 Å². The van der Waals surface area contributed by atoms with Crippen LogP contribution in [0.2, 0.25) is 0 Å². The lowest BCUT2D eigenvalue weighted by atomic mass is 9.94. The zero-order valence-corrected chi connectivity index (χ0v) is 15.9. The summed E-state index contributed by atoms with van der Waals surface area (Å²) >= 11 is 0. The quantitative estimate of drug-likeness (QED) is 0.419. The predicted octanol–water partition coefficient (Wildman–Crippen LogP) is 4.01. The first-order valence-corrected chi connectivity index (χ1v) is 9.35. The second-order valence-corrected chi connectivity index (χ2v) is 7.06. The Balaban J connectivity index is 1.86. The van der Waals surface area contributed by atoms with Gasteiger partial charge in [0.05, 0.1) is 11.6 Å². The van der Waals surface area contributed by atoms with E-state index in [2.05, 4.69) is 4.98 Å². The zero-order chi connectivity index (χ0) is 20.4. The van der Waals surface area contributed by atoms with Gasteiger partial charge in [-0.1, -0.05) is 60.2 Å². The first-order valence-electron chi connectivity index (χ1n) is 9.35. The van der Waals surface area contributed by atoms with Crippen molar-refractivity contribution in [3.8, 4) is 0 Å². The van der Waals surface area contributed by atoms with Gasteiger partial charge in [0, 0.05) is 24.5 Å². The van der Waals surface area contributed by atoms with Gasteiger partial charge in [-0.25, -0.2) is 0 Å². The van der Waals surface area contributed by atoms with Gasteiger partial charge >= 0.3 is 0 Å². The van der Waals surface area contributed by atoms with Crippen molar-refractivity contribution in [3.05, 3.63) is 107 Å². The molecule has 1 fully saturated rings. The molecule has 1 N–H and O–H groups in total. The minimum Gasteiger partial charge on any atom is -0.507 e. The fourth-order valence-electron chi connectivity index (χ4n) is 3.57. The van der Waals surface area contributed by atoms with E-state index >= 15 is 0 Å². The van der Waals surface area contributed by atoms with Crippen LogP contribution in [0.5, 0.6) is 0 Å². The molecule has 1 saturated heterocycles.